The van der Waals surface area contributed by atoms with Crippen molar-refractivity contribution in [2.45, 2.75) is 39.8 Å². The average Bonchev–Trinajstić information content (AvgIpc) is 3.48. The summed E-state index contributed by atoms with van der Waals surface area (Å²) in [5.74, 6) is 1.35. The fourth-order valence-corrected chi connectivity index (χ4v) is 5.50. The fraction of sp³-hybridized carbons (Fsp3) is 0.233. The van der Waals surface area contributed by atoms with Crippen molar-refractivity contribution in [3.8, 4) is 17.1 Å². The molecule has 38 heavy (non-hydrogen) atoms. The Hall–Kier alpha value is -4.17. The molecule has 7 nitrogen and oxygen atoms in total. The number of carbonyl (C=O) groups is 1. The van der Waals surface area contributed by atoms with Gasteiger partial charge in [-0.1, -0.05) is 59.9 Å². The molecule has 0 N–H and O–H groups in total. The predicted molar refractivity (Wildman–Crippen MR) is 147 cm³/mol. The third-order valence-corrected chi connectivity index (χ3v) is 7.03. The van der Waals surface area contributed by atoms with Crippen molar-refractivity contribution in [2.24, 2.45) is 4.99 Å². The van der Waals surface area contributed by atoms with Crippen LogP contribution in [0.4, 0.5) is 0 Å². The van der Waals surface area contributed by atoms with Crippen molar-refractivity contribution in [1.82, 2.24) is 4.57 Å². The SMILES string of the molecule is CCOC(=O)C1=C(C)N=c2s/c(=C\c3ccc(-c4ccccc4)o3)c(=O)n2[C@H]1c1ccccc1OC(C)C. The molecule has 0 unspecified atom stereocenters. The molecule has 0 aliphatic carbocycles. The number of aromatic nitrogens is 1. The molecule has 5 rings (SSSR count). The van der Waals surface area contributed by atoms with E-state index in [9.17, 15) is 9.59 Å². The van der Waals surface area contributed by atoms with Crippen LogP contribution >= 0.6 is 11.3 Å². The van der Waals surface area contributed by atoms with E-state index >= 15 is 0 Å². The van der Waals surface area contributed by atoms with E-state index in [2.05, 4.69) is 4.99 Å². The summed E-state index contributed by atoms with van der Waals surface area (Å²) >= 11 is 1.25. The number of rotatable bonds is 7. The van der Waals surface area contributed by atoms with E-state index in [0.29, 0.717) is 43.4 Å². The van der Waals surface area contributed by atoms with Crippen LogP contribution in [-0.4, -0.2) is 23.2 Å². The number of para-hydroxylation sites is 1. The summed E-state index contributed by atoms with van der Waals surface area (Å²) in [4.78, 5) is 32.2. The molecule has 0 saturated carbocycles. The van der Waals surface area contributed by atoms with Crippen molar-refractivity contribution in [3.63, 3.8) is 0 Å². The van der Waals surface area contributed by atoms with Gasteiger partial charge < -0.3 is 13.9 Å². The molecule has 0 spiro atoms. The number of nitrogens with zero attached hydrogens (tertiary/aromatic N) is 2. The minimum absolute atomic E-state index is 0.0964. The lowest BCUT2D eigenvalue weighted by atomic mass is 9.95. The summed E-state index contributed by atoms with van der Waals surface area (Å²) < 4.78 is 19.5. The summed E-state index contributed by atoms with van der Waals surface area (Å²) in [5.41, 5.74) is 2.19. The Morgan fingerprint density at radius 2 is 1.84 bits per heavy atom. The second kappa shape index (κ2) is 10.7. The van der Waals surface area contributed by atoms with Crippen molar-refractivity contribution in [2.75, 3.05) is 6.61 Å². The number of carbonyl (C=O) groups excluding carboxylic acids is 1. The highest BCUT2D eigenvalue weighted by Crippen LogP contribution is 2.36. The third kappa shape index (κ3) is 4.87. The van der Waals surface area contributed by atoms with Gasteiger partial charge in [0.05, 0.1) is 28.5 Å². The molecule has 0 bridgehead atoms. The van der Waals surface area contributed by atoms with Crippen molar-refractivity contribution < 1.29 is 18.7 Å². The maximum Gasteiger partial charge on any atom is 0.338 e. The first kappa shape index (κ1) is 25.5. The number of hydrogen-bond acceptors (Lipinski definition) is 7. The average molecular weight is 529 g/mol. The summed E-state index contributed by atoms with van der Waals surface area (Å²) in [5, 5.41) is 0. The summed E-state index contributed by atoms with van der Waals surface area (Å²) in [6, 6.07) is 20.2. The van der Waals surface area contributed by atoms with Gasteiger partial charge in [0, 0.05) is 17.2 Å². The first-order valence-electron chi connectivity index (χ1n) is 12.5. The smallest absolute Gasteiger partial charge is 0.338 e. The number of fused-ring (bicyclic) bond motifs is 1. The van der Waals surface area contributed by atoms with Crippen LogP contribution in [0.3, 0.4) is 0 Å². The number of furan rings is 1. The highest BCUT2D eigenvalue weighted by atomic mass is 32.1. The second-order valence-corrected chi connectivity index (χ2v) is 10.1. The lowest BCUT2D eigenvalue weighted by Gasteiger charge is -2.26. The maximum atomic E-state index is 13.9. The van der Waals surface area contributed by atoms with Gasteiger partial charge >= 0.3 is 5.97 Å². The first-order valence-corrected chi connectivity index (χ1v) is 13.3. The Labute approximate surface area is 224 Å². The Balaban J connectivity index is 1.68. The van der Waals surface area contributed by atoms with Gasteiger partial charge in [0.25, 0.3) is 5.56 Å². The summed E-state index contributed by atoms with van der Waals surface area (Å²) in [6.07, 6.45) is 1.62. The Kier molecular flexibility index (Phi) is 7.15. The van der Waals surface area contributed by atoms with Gasteiger partial charge in [0.1, 0.15) is 23.3 Å². The van der Waals surface area contributed by atoms with Gasteiger partial charge in [-0.3, -0.25) is 9.36 Å². The quantitative estimate of drug-likeness (QED) is 0.321. The van der Waals surface area contributed by atoms with Gasteiger partial charge in [-0.2, -0.15) is 0 Å². The standard InChI is InChI=1S/C30H28N2O5S/c1-5-35-29(34)26-19(4)31-30-32(27(26)22-13-9-10-14-24(22)36-18(2)3)28(33)25(38-30)17-21-15-16-23(37-21)20-11-7-6-8-12-20/h6-18,27H,5H2,1-4H3/b25-17-/t27-/m0/s1. The first-order chi connectivity index (χ1) is 18.4. The van der Waals surface area contributed by atoms with E-state index in [0.717, 1.165) is 5.56 Å². The van der Waals surface area contributed by atoms with E-state index < -0.39 is 12.0 Å². The van der Waals surface area contributed by atoms with Crippen LogP contribution in [0, 0.1) is 0 Å². The molecule has 194 valence electrons. The Morgan fingerprint density at radius 1 is 1.11 bits per heavy atom. The largest absolute Gasteiger partial charge is 0.491 e. The number of esters is 1. The topological polar surface area (TPSA) is 83.0 Å². The van der Waals surface area contributed by atoms with E-state index in [4.69, 9.17) is 13.9 Å². The molecule has 1 aliphatic rings. The number of hydrogen-bond donors (Lipinski definition) is 0. The van der Waals surface area contributed by atoms with Crippen LogP contribution in [-0.2, 0) is 9.53 Å². The highest BCUT2D eigenvalue weighted by molar-refractivity contribution is 7.07. The zero-order valence-corrected chi connectivity index (χ0v) is 22.5. The Bertz CT molecular complexity index is 1690. The number of thiazole rings is 1. The molecule has 1 aliphatic heterocycles. The summed E-state index contributed by atoms with van der Waals surface area (Å²) in [7, 11) is 0. The second-order valence-electron chi connectivity index (χ2n) is 9.07. The lowest BCUT2D eigenvalue weighted by molar-refractivity contribution is -0.139. The highest BCUT2D eigenvalue weighted by Gasteiger charge is 2.35. The Morgan fingerprint density at radius 3 is 2.58 bits per heavy atom. The lowest BCUT2D eigenvalue weighted by Crippen LogP contribution is -2.40. The van der Waals surface area contributed by atoms with Crippen LogP contribution in [0.15, 0.2) is 92.2 Å². The fourth-order valence-electron chi connectivity index (χ4n) is 4.47. The molecule has 0 radical (unpaired) electrons. The minimum Gasteiger partial charge on any atom is -0.491 e. The molecule has 8 heteroatoms. The van der Waals surface area contributed by atoms with Gasteiger partial charge in [-0.25, -0.2) is 9.79 Å². The van der Waals surface area contributed by atoms with Gasteiger partial charge in [0.15, 0.2) is 4.80 Å². The van der Waals surface area contributed by atoms with Crippen LogP contribution in [0.1, 0.15) is 45.1 Å². The van der Waals surface area contributed by atoms with Crippen molar-refractivity contribution in [1.29, 1.82) is 0 Å². The van der Waals surface area contributed by atoms with E-state index in [1.54, 1.807) is 24.5 Å². The predicted octanol–water partition coefficient (Wildman–Crippen LogP) is 4.85. The van der Waals surface area contributed by atoms with E-state index in [1.165, 1.54) is 11.3 Å². The number of allylic oxidation sites excluding steroid dienone is 1. The van der Waals surface area contributed by atoms with Gasteiger partial charge in [0.2, 0.25) is 0 Å². The van der Waals surface area contributed by atoms with Crippen LogP contribution in [0.5, 0.6) is 5.75 Å². The molecule has 3 heterocycles. The molecule has 0 saturated heterocycles. The van der Waals surface area contributed by atoms with E-state index in [-0.39, 0.29) is 18.3 Å². The van der Waals surface area contributed by atoms with Crippen LogP contribution in [0.2, 0.25) is 0 Å². The monoisotopic (exact) mass is 528 g/mol. The molecule has 1 atom stereocenters. The molecular formula is C30H28N2O5S. The summed E-state index contributed by atoms with van der Waals surface area (Å²) in [6.45, 7) is 7.59. The third-order valence-electron chi connectivity index (χ3n) is 6.05. The number of ether oxygens (including phenoxy) is 2. The molecule has 0 fully saturated rings. The minimum atomic E-state index is -0.751. The molecule has 2 aromatic carbocycles. The molecule has 0 amide bonds. The normalized spacial score (nSPS) is 15.4. The maximum absolute atomic E-state index is 13.9. The molecule has 2 aromatic heterocycles. The van der Waals surface area contributed by atoms with Crippen LogP contribution < -0.4 is 19.6 Å². The zero-order chi connectivity index (χ0) is 26.8. The van der Waals surface area contributed by atoms with Crippen molar-refractivity contribution in [3.05, 3.63) is 109 Å². The molecular weight excluding hydrogens is 500 g/mol. The van der Waals surface area contributed by atoms with Gasteiger partial charge in [-0.05, 0) is 45.9 Å². The number of benzene rings is 2. The van der Waals surface area contributed by atoms with E-state index in [1.807, 2.05) is 80.6 Å². The van der Waals surface area contributed by atoms with Crippen LogP contribution in [0.25, 0.3) is 17.4 Å². The zero-order valence-electron chi connectivity index (χ0n) is 21.6. The molecule has 4 aromatic rings. The van der Waals surface area contributed by atoms with Crippen molar-refractivity contribution >= 4 is 23.4 Å². The van der Waals surface area contributed by atoms with Gasteiger partial charge in [-0.15, -0.1) is 0 Å².